The number of benzene rings is 2. The molecule has 148 valence electrons. The number of ketones is 1. The Morgan fingerprint density at radius 2 is 1.62 bits per heavy atom. The van der Waals surface area contributed by atoms with E-state index >= 15 is 0 Å². The molecule has 0 bridgehead atoms. The Morgan fingerprint density at radius 1 is 1.03 bits per heavy atom. The summed E-state index contributed by atoms with van der Waals surface area (Å²) in [6, 6.07) is 15.8. The van der Waals surface area contributed by atoms with Gasteiger partial charge in [0.25, 0.3) is 11.8 Å². The smallest absolute Gasteiger partial charge is 0.407 e. The second-order valence-corrected chi connectivity index (χ2v) is 6.95. The molecule has 2 aliphatic rings. The van der Waals surface area contributed by atoms with Crippen molar-refractivity contribution in [3.8, 4) is 11.1 Å². The SMILES string of the molecule is O=C(NCC(=O)C1CC(=O)N(O)C1=O)OCC1c2ccccc2-c2ccccc21. The zero-order chi connectivity index (χ0) is 20.5. The molecule has 1 aliphatic heterocycles. The molecule has 4 rings (SSSR count). The van der Waals surface area contributed by atoms with Crippen molar-refractivity contribution in [3.05, 3.63) is 59.7 Å². The van der Waals surface area contributed by atoms with E-state index in [2.05, 4.69) is 5.32 Å². The van der Waals surface area contributed by atoms with Gasteiger partial charge in [0.1, 0.15) is 12.5 Å². The van der Waals surface area contributed by atoms with Gasteiger partial charge in [-0.25, -0.2) is 4.79 Å². The molecule has 8 heteroatoms. The summed E-state index contributed by atoms with van der Waals surface area (Å²) in [6.07, 6.45) is -1.20. The Bertz CT molecular complexity index is 972. The highest BCUT2D eigenvalue weighted by atomic mass is 16.5. The number of carbonyl (C=O) groups is 4. The molecule has 1 unspecified atom stereocenters. The van der Waals surface area contributed by atoms with E-state index in [0.717, 1.165) is 22.3 Å². The van der Waals surface area contributed by atoms with Gasteiger partial charge in [-0.3, -0.25) is 19.6 Å². The summed E-state index contributed by atoms with van der Waals surface area (Å²) in [4.78, 5) is 47.0. The van der Waals surface area contributed by atoms with Crippen LogP contribution < -0.4 is 5.32 Å². The average Bonchev–Trinajstić information content (AvgIpc) is 3.20. The maximum atomic E-state index is 12.1. The largest absolute Gasteiger partial charge is 0.449 e. The lowest BCUT2D eigenvalue weighted by atomic mass is 9.98. The molecule has 29 heavy (non-hydrogen) atoms. The first kappa shape index (κ1) is 18.8. The number of nitrogens with zero attached hydrogens (tertiary/aromatic N) is 1. The minimum Gasteiger partial charge on any atom is -0.449 e. The number of hydrogen-bond donors (Lipinski definition) is 2. The van der Waals surface area contributed by atoms with Gasteiger partial charge >= 0.3 is 6.09 Å². The van der Waals surface area contributed by atoms with Crippen LogP contribution in [0.5, 0.6) is 0 Å². The molecule has 1 heterocycles. The van der Waals surface area contributed by atoms with E-state index in [-0.39, 0.29) is 17.6 Å². The number of rotatable bonds is 5. The zero-order valence-corrected chi connectivity index (χ0v) is 15.3. The Morgan fingerprint density at radius 3 is 2.17 bits per heavy atom. The summed E-state index contributed by atoms with van der Waals surface area (Å²) in [5.74, 6) is -3.86. The van der Waals surface area contributed by atoms with Crippen LogP contribution in [0.25, 0.3) is 11.1 Å². The fraction of sp³-hybridized carbons (Fsp3) is 0.238. The van der Waals surface area contributed by atoms with Crippen molar-refractivity contribution in [1.29, 1.82) is 0 Å². The number of alkyl carbamates (subject to hydrolysis) is 1. The highest BCUT2D eigenvalue weighted by Gasteiger charge is 2.42. The normalized spacial score (nSPS) is 17.8. The van der Waals surface area contributed by atoms with E-state index in [4.69, 9.17) is 4.74 Å². The zero-order valence-electron chi connectivity index (χ0n) is 15.3. The van der Waals surface area contributed by atoms with Crippen molar-refractivity contribution >= 4 is 23.7 Å². The van der Waals surface area contributed by atoms with Gasteiger partial charge in [-0.1, -0.05) is 48.5 Å². The molecule has 0 radical (unpaired) electrons. The molecule has 0 spiro atoms. The molecule has 0 saturated carbocycles. The quantitative estimate of drug-likeness (QED) is 0.455. The summed E-state index contributed by atoms with van der Waals surface area (Å²) in [5, 5.41) is 11.4. The molecule has 8 nitrogen and oxygen atoms in total. The Kier molecular flexibility index (Phi) is 4.85. The van der Waals surface area contributed by atoms with E-state index in [1.165, 1.54) is 0 Å². The third kappa shape index (κ3) is 3.38. The van der Waals surface area contributed by atoms with Crippen LogP contribution >= 0.6 is 0 Å². The number of hydroxylamine groups is 2. The monoisotopic (exact) mass is 394 g/mol. The molecule has 2 aromatic rings. The Hall–Kier alpha value is -3.52. The van der Waals surface area contributed by atoms with Gasteiger partial charge in [-0.05, 0) is 22.3 Å². The topological polar surface area (TPSA) is 113 Å². The number of ether oxygens (including phenoxy) is 1. The lowest BCUT2D eigenvalue weighted by Crippen LogP contribution is -2.36. The predicted molar refractivity (Wildman–Crippen MR) is 99.8 cm³/mol. The maximum Gasteiger partial charge on any atom is 0.407 e. The van der Waals surface area contributed by atoms with E-state index in [0.29, 0.717) is 0 Å². The van der Waals surface area contributed by atoms with Crippen LogP contribution in [0.3, 0.4) is 0 Å². The van der Waals surface area contributed by atoms with Gasteiger partial charge in [-0.15, -0.1) is 0 Å². The third-order valence-corrected chi connectivity index (χ3v) is 5.26. The van der Waals surface area contributed by atoms with Gasteiger partial charge in [0, 0.05) is 12.3 Å². The summed E-state index contributed by atoms with van der Waals surface area (Å²) >= 11 is 0. The fourth-order valence-corrected chi connectivity index (χ4v) is 3.80. The minimum absolute atomic E-state index is 0.0597. The minimum atomic E-state index is -1.28. The fourth-order valence-electron chi connectivity index (χ4n) is 3.80. The van der Waals surface area contributed by atoms with Crippen LogP contribution in [0, 0.1) is 5.92 Å². The number of imide groups is 1. The number of amides is 3. The molecule has 1 fully saturated rings. The van der Waals surface area contributed by atoms with Gasteiger partial charge in [0.2, 0.25) is 0 Å². The van der Waals surface area contributed by atoms with E-state index < -0.39 is 42.6 Å². The molecule has 1 saturated heterocycles. The number of fused-ring (bicyclic) bond motifs is 3. The standard InChI is InChI=1S/C21H18N2O6/c24-18(16-9-19(25)23(28)20(16)26)10-22-21(27)29-11-17-14-7-3-1-5-12(14)13-6-2-4-8-15(13)17/h1-8,16-17,28H,9-11H2,(H,22,27). The first-order valence-corrected chi connectivity index (χ1v) is 9.14. The highest BCUT2D eigenvalue weighted by molar-refractivity contribution is 6.13. The highest BCUT2D eigenvalue weighted by Crippen LogP contribution is 2.44. The van der Waals surface area contributed by atoms with Crippen molar-refractivity contribution in [2.24, 2.45) is 5.92 Å². The average molecular weight is 394 g/mol. The van der Waals surface area contributed by atoms with E-state index in [9.17, 15) is 24.4 Å². The molecular weight excluding hydrogens is 376 g/mol. The van der Waals surface area contributed by atoms with Crippen molar-refractivity contribution in [2.75, 3.05) is 13.2 Å². The summed E-state index contributed by atoms with van der Waals surface area (Å²) < 4.78 is 5.31. The van der Waals surface area contributed by atoms with Crippen molar-refractivity contribution in [3.63, 3.8) is 0 Å². The third-order valence-electron chi connectivity index (χ3n) is 5.26. The molecule has 0 aromatic heterocycles. The first-order valence-electron chi connectivity index (χ1n) is 9.14. The van der Waals surface area contributed by atoms with Crippen LogP contribution in [0.4, 0.5) is 4.79 Å². The van der Waals surface area contributed by atoms with Crippen molar-refractivity contribution < 1.29 is 29.1 Å². The van der Waals surface area contributed by atoms with Crippen LogP contribution in [0.2, 0.25) is 0 Å². The second kappa shape index (κ2) is 7.48. The van der Waals surface area contributed by atoms with Gasteiger partial charge in [0.05, 0.1) is 6.54 Å². The van der Waals surface area contributed by atoms with Gasteiger partial charge in [0.15, 0.2) is 5.78 Å². The maximum absolute atomic E-state index is 12.1. The lowest BCUT2D eigenvalue weighted by molar-refractivity contribution is -0.172. The number of Topliss-reactive ketones (excluding diaryl/α,β-unsaturated/α-hetero) is 1. The van der Waals surface area contributed by atoms with Crippen LogP contribution in [-0.4, -0.2) is 47.1 Å². The summed E-state index contributed by atoms with van der Waals surface area (Å²) in [5.41, 5.74) is 4.34. The summed E-state index contributed by atoms with van der Waals surface area (Å²) in [7, 11) is 0. The Labute approximate surface area is 166 Å². The molecule has 2 aromatic carbocycles. The molecule has 3 amide bonds. The second-order valence-electron chi connectivity index (χ2n) is 6.95. The molecule has 1 atom stereocenters. The lowest BCUT2D eigenvalue weighted by Gasteiger charge is -2.14. The predicted octanol–water partition coefficient (Wildman–Crippen LogP) is 1.86. The summed E-state index contributed by atoms with van der Waals surface area (Å²) in [6.45, 7) is -0.368. The molecule has 2 N–H and O–H groups in total. The number of carbonyl (C=O) groups excluding carboxylic acids is 4. The van der Waals surface area contributed by atoms with Gasteiger partial charge in [-0.2, -0.15) is 5.06 Å². The van der Waals surface area contributed by atoms with Gasteiger partial charge < -0.3 is 10.1 Å². The molecular formula is C21H18N2O6. The van der Waals surface area contributed by atoms with Crippen LogP contribution in [0.1, 0.15) is 23.5 Å². The van der Waals surface area contributed by atoms with Crippen molar-refractivity contribution in [1.82, 2.24) is 10.4 Å². The van der Waals surface area contributed by atoms with E-state index in [1.54, 1.807) is 0 Å². The Balaban J connectivity index is 1.35. The van der Waals surface area contributed by atoms with Crippen LogP contribution in [0.15, 0.2) is 48.5 Å². The van der Waals surface area contributed by atoms with Crippen molar-refractivity contribution in [2.45, 2.75) is 12.3 Å². The number of nitrogens with one attached hydrogen (secondary N) is 1. The van der Waals surface area contributed by atoms with E-state index in [1.807, 2.05) is 48.5 Å². The first-order chi connectivity index (χ1) is 14.0. The molecule has 1 aliphatic carbocycles. The van der Waals surface area contributed by atoms with Crippen LogP contribution in [-0.2, 0) is 19.1 Å². The number of hydrogen-bond acceptors (Lipinski definition) is 6.